The predicted octanol–water partition coefficient (Wildman–Crippen LogP) is 1.71. The van der Waals surface area contributed by atoms with E-state index in [0.29, 0.717) is 0 Å². The van der Waals surface area contributed by atoms with Crippen LogP contribution in [0.5, 0.6) is 5.75 Å². The molecule has 0 aromatic heterocycles. The maximum absolute atomic E-state index is 11.8. The molecule has 1 aliphatic heterocycles. The first-order valence-corrected chi connectivity index (χ1v) is 7.68. The number of rotatable bonds is 2. The first-order chi connectivity index (χ1) is 9.37. The number of hydrogen-bond acceptors (Lipinski definition) is 5. The van der Waals surface area contributed by atoms with Gasteiger partial charge in [-0.15, -0.1) is 0 Å². The van der Waals surface area contributed by atoms with Gasteiger partial charge >= 0.3 is 11.8 Å². The molecule has 9 heteroatoms. The zero-order valence-corrected chi connectivity index (χ0v) is 11.3. The van der Waals surface area contributed by atoms with E-state index in [2.05, 4.69) is 0 Å². The van der Waals surface area contributed by atoms with Gasteiger partial charge in [-0.3, -0.25) is 0 Å². The molecule has 0 radical (unpaired) electrons. The molecule has 1 aromatic rings. The van der Waals surface area contributed by atoms with E-state index in [1.54, 1.807) is 0 Å². The predicted molar refractivity (Wildman–Crippen MR) is 69.8 cm³/mol. The topological polar surface area (TPSA) is 113 Å². The molecule has 1 aliphatic rings. The Morgan fingerprint density at radius 3 is 2.35 bits per heavy atom. The third-order valence-electron chi connectivity index (χ3n) is 2.88. The summed E-state index contributed by atoms with van der Waals surface area (Å²) < 4.78 is 25.8. The van der Waals surface area contributed by atoms with Crippen molar-refractivity contribution >= 4 is 22.4 Å². The molecular weight excluding hydrogens is 288 g/mol. The van der Waals surface area contributed by atoms with E-state index in [4.69, 9.17) is 9.94 Å². The number of benzene rings is 1. The van der Waals surface area contributed by atoms with Gasteiger partial charge in [0.2, 0.25) is 0 Å². The fourth-order valence-electron chi connectivity index (χ4n) is 1.71. The van der Waals surface area contributed by atoms with Gasteiger partial charge in [-0.25, -0.2) is 10.0 Å². The van der Waals surface area contributed by atoms with Gasteiger partial charge in [0.05, 0.1) is 4.91 Å². The van der Waals surface area contributed by atoms with E-state index in [1.807, 2.05) is 0 Å². The normalized spacial score (nSPS) is 19.2. The Hall–Kier alpha value is -1.84. The average Bonchev–Trinajstić information content (AvgIpc) is 2.39. The molecule has 1 aromatic carbocycles. The summed E-state index contributed by atoms with van der Waals surface area (Å²) in [4.78, 5) is 23.4. The third-order valence-corrected chi connectivity index (χ3v) is 4.52. The molecule has 2 rings (SSSR count). The van der Waals surface area contributed by atoms with Crippen molar-refractivity contribution in [3.63, 3.8) is 0 Å². The second-order valence-corrected chi connectivity index (χ2v) is 6.66. The molecule has 0 atom stereocenters. The van der Waals surface area contributed by atoms with Crippen LogP contribution >= 0.6 is 10.6 Å². The molecule has 1 amide bonds. The largest absolute Gasteiger partial charge is 0.768 e. The fourth-order valence-corrected chi connectivity index (χ4v) is 2.92. The number of carbonyl (C=O) groups is 1. The quantitative estimate of drug-likeness (QED) is 0.804. The Bertz CT molecular complexity index is 508. The van der Waals surface area contributed by atoms with Gasteiger partial charge < -0.3 is 29.3 Å². The van der Waals surface area contributed by atoms with Crippen LogP contribution in [0.3, 0.4) is 0 Å². The Morgan fingerprint density at radius 1 is 1.30 bits per heavy atom. The lowest BCUT2D eigenvalue weighted by Gasteiger charge is -2.50. The van der Waals surface area contributed by atoms with Crippen LogP contribution < -0.4 is 4.74 Å². The van der Waals surface area contributed by atoms with Gasteiger partial charge in [0.15, 0.2) is 0 Å². The highest BCUT2D eigenvalue weighted by Crippen LogP contribution is 2.40. The summed E-state index contributed by atoms with van der Waals surface area (Å²) in [5.74, 6) is 0.295. The van der Waals surface area contributed by atoms with Crippen LogP contribution in [-0.2, 0) is 0 Å². The first kappa shape index (κ1) is 14.6. The Morgan fingerprint density at radius 2 is 1.85 bits per heavy atom. The zero-order valence-electron chi connectivity index (χ0n) is 10.5. The second kappa shape index (κ2) is 5.65. The van der Waals surface area contributed by atoms with Crippen molar-refractivity contribution in [1.82, 2.24) is 4.90 Å². The molecule has 1 saturated heterocycles. The number of ether oxygens (including phenoxy) is 1. The van der Waals surface area contributed by atoms with E-state index in [-0.39, 0.29) is 41.0 Å². The lowest BCUT2D eigenvalue weighted by atomic mass is 10.3. The van der Waals surface area contributed by atoms with E-state index >= 15 is 0 Å². The molecule has 1 heterocycles. The summed E-state index contributed by atoms with van der Waals surface area (Å²) in [6.07, 6.45) is -0.615. The SMILES string of the molecule is O=C(Oc1ccc([N+](=O)O)cc1)N1CCS([O-])(O)CC1. The highest BCUT2D eigenvalue weighted by Gasteiger charge is 2.23. The minimum absolute atomic E-state index is 0.0165. The number of nitrogens with zero attached hydrogens (tertiary/aromatic N) is 2. The molecule has 0 saturated carbocycles. The fraction of sp³-hybridized carbons (Fsp3) is 0.364. The van der Waals surface area contributed by atoms with Crippen molar-refractivity contribution < 1.29 is 28.8 Å². The molecule has 0 spiro atoms. The Labute approximate surface area is 116 Å². The van der Waals surface area contributed by atoms with Crippen molar-refractivity contribution in [3.8, 4) is 5.75 Å². The van der Waals surface area contributed by atoms with E-state index in [0.717, 1.165) is 0 Å². The number of amides is 1. The molecule has 20 heavy (non-hydrogen) atoms. The van der Waals surface area contributed by atoms with Gasteiger partial charge in [-0.05, 0) is 12.1 Å². The molecule has 110 valence electrons. The summed E-state index contributed by atoms with van der Waals surface area (Å²) in [5, 5.41) is 8.66. The smallest absolute Gasteiger partial charge is 0.415 e. The van der Waals surface area contributed by atoms with Crippen LogP contribution in [0, 0.1) is 4.91 Å². The van der Waals surface area contributed by atoms with E-state index < -0.39 is 16.7 Å². The molecule has 1 fully saturated rings. The van der Waals surface area contributed by atoms with Gasteiger partial charge in [-0.2, -0.15) is 0 Å². The lowest BCUT2D eigenvalue weighted by molar-refractivity contribution is -0.729. The Kier molecular flexibility index (Phi) is 4.12. The first-order valence-electron chi connectivity index (χ1n) is 5.82. The molecular formula is C11H14N2O6S. The number of hydrogen-bond donors (Lipinski definition) is 2. The van der Waals surface area contributed by atoms with Gasteiger partial charge in [0.25, 0.3) is 4.92 Å². The zero-order chi connectivity index (χ0) is 14.8. The van der Waals surface area contributed by atoms with Crippen LogP contribution in [0.1, 0.15) is 0 Å². The highest BCUT2D eigenvalue weighted by molar-refractivity contribution is 8.24. The summed E-state index contributed by atoms with van der Waals surface area (Å²) in [6, 6.07) is 5.33. The highest BCUT2D eigenvalue weighted by atomic mass is 32.3. The summed E-state index contributed by atoms with van der Waals surface area (Å²) >= 11 is 0. The van der Waals surface area contributed by atoms with Gasteiger partial charge in [-0.1, -0.05) is 0 Å². The van der Waals surface area contributed by atoms with Crippen LogP contribution in [-0.4, -0.2) is 54.8 Å². The van der Waals surface area contributed by atoms with Crippen molar-refractivity contribution in [2.75, 3.05) is 24.6 Å². The maximum Gasteiger partial charge on any atom is 0.415 e. The summed E-state index contributed by atoms with van der Waals surface area (Å²) in [5.41, 5.74) is 0.0165. The van der Waals surface area contributed by atoms with Gasteiger partial charge in [0.1, 0.15) is 5.75 Å². The average molecular weight is 302 g/mol. The number of carbonyl (C=O) groups excluding carboxylic acids is 1. The monoisotopic (exact) mass is 302 g/mol. The van der Waals surface area contributed by atoms with Crippen molar-refractivity contribution in [3.05, 3.63) is 29.2 Å². The van der Waals surface area contributed by atoms with Crippen LogP contribution in [0.25, 0.3) is 0 Å². The van der Waals surface area contributed by atoms with Crippen LogP contribution in [0.2, 0.25) is 0 Å². The van der Waals surface area contributed by atoms with Crippen LogP contribution in [0.4, 0.5) is 10.5 Å². The molecule has 0 unspecified atom stereocenters. The van der Waals surface area contributed by atoms with Crippen LogP contribution in [0.15, 0.2) is 24.3 Å². The third kappa shape index (κ3) is 3.59. The molecule has 8 nitrogen and oxygen atoms in total. The second-order valence-electron chi connectivity index (χ2n) is 4.30. The van der Waals surface area contributed by atoms with Crippen molar-refractivity contribution in [2.24, 2.45) is 0 Å². The summed E-state index contributed by atoms with van der Waals surface area (Å²) in [7, 11) is -2.80. The van der Waals surface area contributed by atoms with Crippen molar-refractivity contribution in [1.29, 1.82) is 0 Å². The molecule has 0 aliphatic carbocycles. The maximum atomic E-state index is 11.8. The minimum atomic E-state index is -2.80. The Balaban J connectivity index is 1.93. The molecule has 0 bridgehead atoms. The van der Waals surface area contributed by atoms with Crippen molar-refractivity contribution in [2.45, 2.75) is 0 Å². The summed E-state index contributed by atoms with van der Waals surface area (Å²) in [6.45, 7) is 0.328. The molecule has 2 N–H and O–H groups in total. The lowest BCUT2D eigenvalue weighted by Crippen LogP contribution is -2.43. The standard InChI is InChI=1S/C11H14N2O6S/c14-11(12-5-7-20(17,18)8-6-12)19-10-3-1-9(2-4-10)13(15)16/h1-4H,5-8H2,(H2-,15,16,17,18). The van der Waals surface area contributed by atoms with Gasteiger partial charge in [0, 0.05) is 36.7 Å². The minimum Gasteiger partial charge on any atom is -0.768 e. The van der Waals surface area contributed by atoms with E-state index in [9.17, 15) is 18.8 Å². The van der Waals surface area contributed by atoms with E-state index in [1.165, 1.54) is 29.2 Å².